The molecule has 1 aliphatic rings. The maximum atomic E-state index is 13.2. The fraction of sp³-hybridized carbons (Fsp3) is 0.462. The van der Waals surface area contributed by atoms with E-state index in [-0.39, 0.29) is 19.0 Å². The van der Waals surface area contributed by atoms with Gasteiger partial charge in [0.1, 0.15) is 12.2 Å². The summed E-state index contributed by atoms with van der Waals surface area (Å²) in [6, 6.07) is 0. The molecule has 112 valence electrons. The van der Waals surface area contributed by atoms with Crippen molar-refractivity contribution in [2.75, 3.05) is 31.7 Å². The highest BCUT2D eigenvalue weighted by Crippen LogP contribution is 2.25. The largest absolute Gasteiger partial charge is 0.389 e. The van der Waals surface area contributed by atoms with Crippen LogP contribution < -0.4 is 4.90 Å². The number of aliphatic hydroxyl groups is 1. The van der Waals surface area contributed by atoms with Gasteiger partial charge in [-0.2, -0.15) is 0 Å². The van der Waals surface area contributed by atoms with E-state index in [4.69, 9.17) is 4.74 Å². The molecule has 1 aliphatic heterocycles. The van der Waals surface area contributed by atoms with Crippen LogP contribution in [0.4, 0.5) is 10.2 Å². The van der Waals surface area contributed by atoms with Gasteiger partial charge in [0.25, 0.3) is 0 Å². The highest BCUT2D eigenvalue weighted by atomic mass is 19.1. The van der Waals surface area contributed by atoms with Gasteiger partial charge >= 0.3 is 0 Å². The molecule has 0 fully saturated rings. The molecule has 0 saturated heterocycles. The number of hydrogen-bond donors (Lipinski definition) is 1. The van der Waals surface area contributed by atoms with E-state index in [0.717, 1.165) is 0 Å². The molecule has 21 heavy (non-hydrogen) atoms. The lowest BCUT2D eigenvalue weighted by Crippen LogP contribution is -2.22. The minimum absolute atomic E-state index is 0.170. The zero-order valence-electron chi connectivity index (χ0n) is 11.6. The lowest BCUT2D eigenvalue weighted by Gasteiger charge is -2.16. The molecule has 7 nitrogen and oxygen atoms in total. The van der Waals surface area contributed by atoms with E-state index in [0.29, 0.717) is 30.1 Å². The SMILES string of the molecule is COC[C@H](O)Cn1cnc2c(N3CC=C(F)C3)ncnc21. The van der Waals surface area contributed by atoms with E-state index in [1.165, 1.54) is 19.5 Å². The minimum atomic E-state index is -0.642. The van der Waals surface area contributed by atoms with Crippen LogP contribution >= 0.6 is 0 Å². The predicted molar refractivity (Wildman–Crippen MR) is 74.6 cm³/mol. The topological polar surface area (TPSA) is 76.3 Å². The molecule has 0 aliphatic carbocycles. The average molecular weight is 293 g/mol. The Bertz CT molecular complexity index is 672. The van der Waals surface area contributed by atoms with Crippen molar-refractivity contribution in [3.8, 4) is 0 Å². The average Bonchev–Trinajstić information content (AvgIpc) is 3.06. The van der Waals surface area contributed by atoms with Crippen LogP contribution in [-0.4, -0.2) is 57.5 Å². The first-order valence-electron chi connectivity index (χ1n) is 6.61. The van der Waals surface area contributed by atoms with Gasteiger partial charge in [-0.3, -0.25) is 0 Å². The number of anilines is 1. The summed E-state index contributed by atoms with van der Waals surface area (Å²) in [4.78, 5) is 14.5. The van der Waals surface area contributed by atoms with E-state index in [2.05, 4.69) is 15.0 Å². The second-order valence-electron chi connectivity index (χ2n) is 4.91. The van der Waals surface area contributed by atoms with Crippen LogP contribution in [-0.2, 0) is 11.3 Å². The first-order chi connectivity index (χ1) is 10.2. The summed E-state index contributed by atoms with van der Waals surface area (Å²) < 4.78 is 19.9. The van der Waals surface area contributed by atoms with E-state index in [9.17, 15) is 9.50 Å². The molecule has 1 atom stereocenters. The summed E-state index contributed by atoms with van der Waals surface area (Å²) in [7, 11) is 1.53. The molecule has 0 aromatic carbocycles. The molecule has 0 spiro atoms. The third kappa shape index (κ3) is 2.72. The van der Waals surface area contributed by atoms with Crippen LogP contribution in [0.3, 0.4) is 0 Å². The van der Waals surface area contributed by atoms with Gasteiger partial charge in [0.2, 0.25) is 0 Å². The Morgan fingerprint density at radius 3 is 3.00 bits per heavy atom. The monoisotopic (exact) mass is 293 g/mol. The first-order valence-corrected chi connectivity index (χ1v) is 6.61. The van der Waals surface area contributed by atoms with Crippen LogP contribution in [0.1, 0.15) is 0 Å². The minimum Gasteiger partial charge on any atom is -0.389 e. The van der Waals surface area contributed by atoms with Crippen LogP contribution in [0.15, 0.2) is 24.6 Å². The number of nitrogens with zero attached hydrogens (tertiary/aromatic N) is 5. The molecule has 2 aromatic rings. The quantitative estimate of drug-likeness (QED) is 0.865. The molecule has 0 amide bonds. The Hall–Kier alpha value is -2.06. The lowest BCUT2D eigenvalue weighted by atomic mass is 10.3. The van der Waals surface area contributed by atoms with Crippen molar-refractivity contribution in [1.29, 1.82) is 0 Å². The Labute approximate surface area is 120 Å². The summed E-state index contributed by atoms with van der Waals surface area (Å²) >= 11 is 0. The lowest BCUT2D eigenvalue weighted by molar-refractivity contribution is 0.0543. The van der Waals surface area contributed by atoms with E-state index in [1.54, 1.807) is 15.8 Å². The van der Waals surface area contributed by atoms with Crippen LogP contribution in [0.25, 0.3) is 11.2 Å². The van der Waals surface area contributed by atoms with Crippen molar-refractivity contribution in [3.63, 3.8) is 0 Å². The van der Waals surface area contributed by atoms with Gasteiger partial charge in [-0.05, 0) is 6.08 Å². The van der Waals surface area contributed by atoms with Gasteiger partial charge in [0, 0.05) is 13.7 Å². The Kier molecular flexibility index (Phi) is 3.80. The van der Waals surface area contributed by atoms with Crippen molar-refractivity contribution in [2.45, 2.75) is 12.6 Å². The van der Waals surface area contributed by atoms with Gasteiger partial charge in [-0.1, -0.05) is 0 Å². The number of imidazole rings is 1. The summed E-state index contributed by atoms with van der Waals surface area (Å²) in [5.41, 5.74) is 1.22. The van der Waals surface area contributed by atoms with Crippen LogP contribution in [0.2, 0.25) is 0 Å². The standard InChI is InChI=1S/C13H16FN5O2/c1-21-6-10(20)5-19-8-17-11-12(15-7-16-13(11)19)18-3-2-9(14)4-18/h2,7-8,10,20H,3-6H2,1H3/t10-/m1/s1. The maximum Gasteiger partial charge on any atom is 0.165 e. The zero-order chi connectivity index (χ0) is 14.8. The first kappa shape index (κ1) is 13.9. The number of halogens is 1. The molecule has 3 heterocycles. The fourth-order valence-corrected chi connectivity index (χ4v) is 2.39. The number of rotatable bonds is 5. The van der Waals surface area contributed by atoms with Gasteiger partial charge in [0.15, 0.2) is 17.0 Å². The third-order valence-electron chi connectivity index (χ3n) is 3.32. The van der Waals surface area contributed by atoms with Crippen molar-refractivity contribution in [1.82, 2.24) is 19.5 Å². The number of methoxy groups -OCH3 is 1. The van der Waals surface area contributed by atoms with Crippen LogP contribution in [0.5, 0.6) is 0 Å². The molecular weight excluding hydrogens is 277 g/mol. The Morgan fingerprint density at radius 1 is 1.43 bits per heavy atom. The Morgan fingerprint density at radius 2 is 2.29 bits per heavy atom. The summed E-state index contributed by atoms with van der Waals surface area (Å²) in [5.74, 6) is 0.431. The molecule has 8 heteroatoms. The molecule has 2 aromatic heterocycles. The van der Waals surface area contributed by atoms with E-state index >= 15 is 0 Å². The van der Waals surface area contributed by atoms with Crippen molar-refractivity contribution in [3.05, 3.63) is 24.6 Å². The molecule has 1 N–H and O–H groups in total. The van der Waals surface area contributed by atoms with Gasteiger partial charge < -0.3 is 19.3 Å². The fourth-order valence-electron chi connectivity index (χ4n) is 2.39. The molecule has 0 unspecified atom stereocenters. The smallest absolute Gasteiger partial charge is 0.165 e. The predicted octanol–water partition coefficient (Wildman–Crippen LogP) is 0.507. The van der Waals surface area contributed by atoms with Gasteiger partial charge in [-0.15, -0.1) is 0 Å². The maximum absolute atomic E-state index is 13.2. The summed E-state index contributed by atoms with van der Waals surface area (Å²) in [5, 5.41) is 9.81. The van der Waals surface area contributed by atoms with Crippen molar-refractivity contribution in [2.24, 2.45) is 0 Å². The second-order valence-corrected chi connectivity index (χ2v) is 4.91. The van der Waals surface area contributed by atoms with Crippen molar-refractivity contribution >= 4 is 17.0 Å². The molecule has 0 saturated carbocycles. The molecule has 0 radical (unpaired) electrons. The Balaban J connectivity index is 1.89. The second kappa shape index (κ2) is 5.74. The highest BCUT2D eigenvalue weighted by Gasteiger charge is 2.20. The molecular formula is C13H16FN5O2. The third-order valence-corrected chi connectivity index (χ3v) is 3.32. The number of ether oxygens (including phenoxy) is 1. The van der Waals surface area contributed by atoms with Crippen LogP contribution in [0, 0.1) is 0 Å². The number of hydrogen-bond acceptors (Lipinski definition) is 6. The van der Waals surface area contributed by atoms with Crippen molar-refractivity contribution < 1.29 is 14.2 Å². The zero-order valence-corrected chi connectivity index (χ0v) is 11.6. The van der Waals surface area contributed by atoms with E-state index < -0.39 is 6.10 Å². The van der Waals surface area contributed by atoms with Gasteiger partial charge in [-0.25, -0.2) is 19.3 Å². The number of aliphatic hydroxyl groups excluding tert-OH is 1. The van der Waals surface area contributed by atoms with Gasteiger partial charge in [0.05, 0.1) is 32.1 Å². The highest BCUT2D eigenvalue weighted by molar-refractivity contribution is 5.83. The summed E-state index contributed by atoms with van der Waals surface area (Å²) in [6.45, 7) is 1.23. The molecule has 3 rings (SSSR count). The number of aromatic nitrogens is 4. The summed E-state index contributed by atoms with van der Waals surface area (Å²) in [6.07, 6.45) is 3.90. The molecule has 0 bridgehead atoms. The normalized spacial score (nSPS) is 16.5. The number of fused-ring (bicyclic) bond motifs is 1. The van der Waals surface area contributed by atoms with E-state index in [1.807, 2.05) is 0 Å².